The highest BCUT2D eigenvalue weighted by atomic mass is 16.5. The second-order valence-corrected chi connectivity index (χ2v) is 3.18. The van der Waals surface area contributed by atoms with Crippen molar-refractivity contribution in [3.63, 3.8) is 0 Å². The van der Waals surface area contributed by atoms with Gasteiger partial charge in [-0.1, -0.05) is 11.2 Å². The van der Waals surface area contributed by atoms with E-state index in [0.29, 0.717) is 6.41 Å². The fourth-order valence-electron chi connectivity index (χ4n) is 1.41. The van der Waals surface area contributed by atoms with Crippen LogP contribution in [-0.2, 0) is 4.79 Å². The number of nitrogens with zero attached hydrogens (tertiary/aromatic N) is 1. The van der Waals surface area contributed by atoms with Gasteiger partial charge in [-0.2, -0.15) is 0 Å². The average molecular weight is 202 g/mol. The van der Waals surface area contributed by atoms with E-state index in [1.54, 1.807) is 6.07 Å². The van der Waals surface area contributed by atoms with Crippen LogP contribution in [0.5, 0.6) is 0 Å². The van der Waals surface area contributed by atoms with Gasteiger partial charge in [0.05, 0.1) is 0 Å². The third-order valence-corrected chi connectivity index (χ3v) is 2.18. The van der Waals surface area contributed by atoms with Gasteiger partial charge in [0.2, 0.25) is 6.41 Å². The summed E-state index contributed by atoms with van der Waals surface area (Å²) >= 11 is 0. The molecule has 0 bridgehead atoms. The fourth-order valence-corrected chi connectivity index (χ4v) is 1.41. The molecule has 0 atom stereocenters. The van der Waals surface area contributed by atoms with E-state index in [2.05, 4.69) is 10.5 Å². The summed E-state index contributed by atoms with van der Waals surface area (Å²) in [6, 6.07) is 7.41. The van der Waals surface area contributed by atoms with Gasteiger partial charge in [-0.15, -0.1) is 0 Å². The van der Waals surface area contributed by atoms with Crippen molar-refractivity contribution in [3.8, 4) is 11.3 Å². The minimum atomic E-state index is 0.650. The third kappa shape index (κ3) is 1.88. The lowest BCUT2D eigenvalue weighted by molar-refractivity contribution is -0.105. The molecular formula is C11H10N2O2. The number of rotatable bonds is 3. The van der Waals surface area contributed by atoms with Crippen molar-refractivity contribution in [1.29, 1.82) is 0 Å². The number of amides is 1. The molecule has 2 aromatic rings. The Kier molecular flexibility index (Phi) is 2.49. The molecule has 2 rings (SSSR count). The predicted molar refractivity (Wildman–Crippen MR) is 56.4 cm³/mol. The van der Waals surface area contributed by atoms with Crippen LogP contribution in [0.4, 0.5) is 5.69 Å². The summed E-state index contributed by atoms with van der Waals surface area (Å²) in [7, 11) is 0. The molecule has 0 aliphatic heterocycles. The van der Waals surface area contributed by atoms with E-state index >= 15 is 0 Å². The molecular weight excluding hydrogens is 192 g/mol. The van der Waals surface area contributed by atoms with Crippen molar-refractivity contribution in [1.82, 2.24) is 5.16 Å². The number of carbonyl (C=O) groups is 1. The normalized spacial score (nSPS) is 9.93. The first kappa shape index (κ1) is 9.45. The molecule has 0 radical (unpaired) electrons. The van der Waals surface area contributed by atoms with E-state index in [1.807, 2.05) is 25.1 Å². The van der Waals surface area contributed by atoms with Crippen molar-refractivity contribution in [2.24, 2.45) is 0 Å². The number of hydrogen-bond donors (Lipinski definition) is 1. The smallest absolute Gasteiger partial charge is 0.211 e. The van der Waals surface area contributed by atoms with Crippen LogP contribution in [0, 0.1) is 6.92 Å². The van der Waals surface area contributed by atoms with Gasteiger partial charge in [-0.25, -0.2) is 0 Å². The van der Waals surface area contributed by atoms with Gasteiger partial charge in [-0.3, -0.25) is 4.79 Å². The molecule has 4 nitrogen and oxygen atoms in total. The summed E-state index contributed by atoms with van der Waals surface area (Å²) in [5.74, 6) is 0. The molecule has 0 aliphatic rings. The van der Waals surface area contributed by atoms with Gasteiger partial charge in [0.15, 0.2) is 0 Å². The highest BCUT2D eigenvalue weighted by molar-refractivity contribution is 5.76. The molecule has 0 saturated carbocycles. The average Bonchev–Trinajstić information content (AvgIpc) is 2.74. The predicted octanol–water partition coefficient (Wildman–Crippen LogP) is 2.22. The lowest BCUT2D eigenvalue weighted by atomic mass is 10.1. The Labute approximate surface area is 86.9 Å². The minimum Gasteiger partial charge on any atom is -0.364 e. The van der Waals surface area contributed by atoms with Crippen molar-refractivity contribution in [3.05, 3.63) is 36.1 Å². The number of hydrogen-bond acceptors (Lipinski definition) is 3. The van der Waals surface area contributed by atoms with Crippen LogP contribution in [0.15, 0.2) is 35.1 Å². The quantitative estimate of drug-likeness (QED) is 0.776. The zero-order valence-corrected chi connectivity index (χ0v) is 8.23. The lowest BCUT2D eigenvalue weighted by Crippen LogP contribution is -1.94. The van der Waals surface area contributed by atoms with Crippen molar-refractivity contribution >= 4 is 12.1 Å². The van der Waals surface area contributed by atoms with Crippen molar-refractivity contribution in [2.45, 2.75) is 6.92 Å². The Morgan fingerprint density at radius 3 is 2.93 bits per heavy atom. The number of carbonyl (C=O) groups excluding carboxylic acids is 1. The standard InChI is InChI=1S/C11H10N2O2/c1-8-2-3-9(12-7-14)6-10(8)11-4-5-15-13-11/h2-7H,1H3,(H,12,14). The first-order valence-corrected chi connectivity index (χ1v) is 4.53. The summed E-state index contributed by atoms with van der Waals surface area (Å²) in [5, 5.41) is 6.46. The van der Waals surface area contributed by atoms with Gasteiger partial charge in [0.25, 0.3) is 0 Å². The summed E-state index contributed by atoms with van der Waals surface area (Å²) < 4.78 is 4.78. The molecule has 15 heavy (non-hydrogen) atoms. The van der Waals surface area contributed by atoms with Gasteiger partial charge < -0.3 is 9.84 Å². The maximum Gasteiger partial charge on any atom is 0.211 e. The first-order valence-electron chi connectivity index (χ1n) is 4.53. The summed E-state index contributed by atoms with van der Waals surface area (Å²) in [4.78, 5) is 10.3. The molecule has 0 fully saturated rings. The van der Waals surface area contributed by atoms with Gasteiger partial charge in [0, 0.05) is 17.3 Å². The zero-order valence-electron chi connectivity index (χ0n) is 8.23. The largest absolute Gasteiger partial charge is 0.364 e. The third-order valence-electron chi connectivity index (χ3n) is 2.18. The van der Waals surface area contributed by atoms with Crippen LogP contribution in [0.2, 0.25) is 0 Å². The molecule has 0 unspecified atom stereocenters. The zero-order chi connectivity index (χ0) is 10.7. The van der Waals surface area contributed by atoms with Gasteiger partial charge in [-0.05, 0) is 24.6 Å². The molecule has 1 amide bonds. The van der Waals surface area contributed by atoms with E-state index in [9.17, 15) is 4.79 Å². The number of anilines is 1. The van der Waals surface area contributed by atoms with E-state index in [-0.39, 0.29) is 0 Å². The number of aromatic nitrogens is 1. The topological polar surface area (TPSA) is 55.1 Å². The van der Waals surface area contributed by atoms with Crippen LogP contribution < -0.4 is 5.32 Å². The Balaban J connectivity index is 2.45. The minimum absolute atomic E-state index is 0.650. The van der Waals surface area contributed by atoms with Crippen molar-refractivity contribution in [2.75, 3.05) is 5.32 Å². The first-order chi connectivity index (χ1) is 7.31. The summed E-state index contributed by atoms with van der Waals surface area (Å²) in [6.45, 7) is 1.98. The van der Waals surface area contributed by atoms with Crippen LogP contribution in [0.25, 0.3) is 11.3 Å². The number of nitrogens with one attached hydrogen (secondary N) is 1. The second kappa shape index (κ2) is 3.96. The van der Waals surface area contributed by atoms with Crippen LogP contribution in [-0.4, -0.2) is 11.6 Å². The Morgan fingerprint density at radius 2 is 2.27 bits per heavy atom. The Morgan fingerprint density at radius 1 is 1.40 bits per heavy atom. The van der Waals surface area contributed by atoms with Crippen LogP contribution >= 0.6 is 0 Å². The van der Waals surface area contributed by atoms with Crippen LogP contribution in [0.1, 0.15) is 5.56 Å². The highest BCUT2D eigenvalue weighted by Gasteiger charge is 2.05. The van der Waals surface area contributed by atoms with Gasteiger partial charge >= 0.3 is 0 Å². The van der Waals surface area contributed by atoms with E-state index in [1.165, 1.54) is 6.26 Å². The van der Waals surface area contributed by atoms with Gasteiger partial charge in [0.1, 0.15) is 12.0 Å². The number of aryl methyl sites for hydroxylation is 1. The summed E-state index contributed by atoms with van der Waals surface area (Å²) in [5.41, 5.74) is 3.55. The molecule has 1 aromatic carbocycles. The Bertz CT molecular complexity index is 463. The van der Waals surface area contributed by atoms with E-state index in [4.69, 9.17) is 4.52 Å². The monoisotopic (exact) mass is 202 g/mol. The van der Waals surface area contributed by atoms with Crippen LogP contribution in [0.3, 0.4) is 0 Å². The van der Waals surface area contributed by atoms with E-state index < -0.39 is 0 Å². The molecule has 1 aromatic heterocycles. The SMILES string of the molecule is Cc1ccc(NC=O)cc1-c1ccon1. The maximum absolute atomic E-state index is 10.3. The molecule has 76 valence electrons. The molecule has 0 aliphatic carbocycles. The molecule has 0 spiro atoms. The van der Waals surface area contributed by atoms with E-state index in [0.717, 1.165) is 22.5 Å². The number of benzene rings is 1. The molecule has 0 saturated heterocycles. The lowest BCUT2D eigenvalue weighted by Gasteiger charge is -2.04. The fraction of sp³-hybridized carbons (Fsp3) is 0.0909. The highest BCUT2D eigenvalue weighted by Crippen LogP contribution is 2.24. The maximum atomic E-state index is 10.3. The summed E-state index contributed by atoms with van der Waals surface area (Å²) in [6.07, 6.45) is 2.17. The molecule has 1 N–H and O–H groups in total. The Hall–Kier alpha value is -2.10. The second-order valence-electron chi connectivity index (χ2n) is 3.18. The molecule has 4 heteroatoms. The molecule has 1 heterocycles. The van der Waals surface area contributed by atoms with Crippen molar-refractivity contribution < 1.29 is 9.32 Å².